The number of nitrogens with zero attached hydrogens (tertiary/aromatic N) is 4. The quantitative estimate of drug-likeness (QED) is 0.920. The molecule has 5 nitrogen and oxygen atoms in total. The van der Waals surface area contributed by atoms with Crippen molar-refractivity contribution in [3.8, 4) is 6.07 Å². The Balaban J connectivity index is 2.32. The number of nitriles is 1. The minimum Gasteiger partial charge on any atom is -0.372 e. The molecule has 0 saturated carbocycles. The molecule has 0 amide bonds. The smallest absolute Gasteiger partial charge is 0.146 e. The van der Waals surface area contributed by atoms with Crippen molar-refractivity contribution in [3.63, 3.8) is 0 Å². The van der Waals surface area contributed by atoms with E-state index in [-0.39, 0.29) is 5.92 Å². The molecule has 0 bridgehead atoms. The molecule has 0 spiro atoms. The fraction of sp³-hybridized carbons (Fsp3) is 0.533. The van der Waals surface area contributed by atoms with Gasteiger partial charge in [0.05, 0.1) is 23.9 Å². The Hall–Kier alpha value is -1.71. The van der Waals surface area contributed by atoms with Crippen LogP contribution in [0.5, 0.6) is 0 Å². The highest BCUT2D eigenvalue weighted by Gasteiger charge is 2.15. The molecule has 0 saturated heterocycles. The molecule has 1 unspecified atom stereocenters. The van der Waals surface area contributed by atoms with Gasteiger partial charge < -0.3 is 5.32 Å². The molecule has 112 valence electrons. The van der Waals surface area contributed by atoms with E-state index < -0.39 is 0 Å². The molecule has 0 fully saturated rings. The summed E-state index contributed by atoms with van der Waals surface area (Å²) in [7, 11) is 3.88. The van der Waals surface area contributed by atoms with Crippen LogP contribution in [0.25, 0.3) is 10.2 Å². The molecule has 2 aromatic heterocycles. The average molecular weight is 303 g/mol. The molecule has 6 heteroatoms. The van der Waals surface area contributed by atoms with Crippen LogP contribution in [0, 0.1) is 31.1 Å². The van der Waals surface area contributed by atoms with Crippen LogP contribution in [0.1, 0.15) is 23.2 Å². The van der Waals surface area contributed by atoms with Gasteiger partial charge in [-0.2, -0.15) is 5.26 Å². The van der Waals surface area contributed by atoms with E-state index in [2.05, 4.69) is 40.1 Å². The van der Waals surface area contributed by atoms with Crippen LogP contribution in [0.4, 0.5) is 5.82 Å². The van der Waals surface area contributed by atoms with Gasteiger partial charge in [0.25, 0.3) is 0 Å². The molecule has 2 aromatic rings. The van der Waals surface area contributed by atoms with Gasteiger partial charge in [0.15, 0.2) is 0 Å². The zero-order valence-corrected chi connectivity index (χ0v) is 14.0. The standard InChI is InChI=1S/C15H21N5S/c1-9(6-16)7-20(5)8-12-18-14(17-4)13-10(2)11(3)21-15(13)19-12/h9H,7-8H2,1-5H3,(H,17,18,19). The highest BCUT2D eigenvalue weighted by atomic mass is 32.1. The predicted molar refractivity (Wildman–Crippen MR) is 87.5 cm³/mol. The lowest BCUT2D eigenvalue weighted by atomic mass is 10.2. The second-order valence-electron chi connectivity index (χ2n) is 5.43. The summed E-state index contributed by atoms with van der Waals surface area (Å²) in [5.74, 6) is 1.69. The molecule has 1 atom stereocenters. The summed E-state index contributed by atoms with van der Waals surface area (Å²) in [4.78, 5) is 13.7. The highest BCUT2D eigenvalue weighted by Crippen LogP contribution is 2.33. The first-order valence-corrected chi connectivity index (χ1v) is 7.80. The lowest BCUT2D eigenvalue weighted by molar-refractivity contribution is 0.296. The summed E-state index contributed by atoms with van der Waals surface area (Å²) in [6, 6.07) is 2.25. The number of hydrogen-bond acceptors (Lipinski definition) is 6. The van der Waals surface area contributed by atoms with Crippen LogP contribution in [0.2, 0.25) is 0 Å². The van der Waals surface area contributed by atoms with Crippen molar-refractivity contribution >= 4 is 27.4 Å². The van der Waals surface area contributed by atoms with Crippen LogP contribution in [0.15, 0.2) is 0 Å². The van der Waals surface area contributed by atoms with Gasteiger partial charge in [-0.3, -0.25) is 4.90 Å². The number of hydrogen-bond donors (Lipinski definition) is 1. The summed E-state index contributed by atoms with van der Waals surface area (Å²) in [5.41, 5.74) is 1.25. The Morgan fingerprint density at radius 1 is 1.38 bits per heavy atom. The largest absolute Gasteiger partial charge is 0.372 e. The minimum absolute atomic E-state index is 0.00808. The van der Waals surface area contributed by atoms with Crippen molar-refractivity contribution < 1.29 is 0 Å². The van der Waals surface area contributed by atoms with Crippen LogP contribution in [-0.2, 0) is 6.54 Å². The first kappa shape index (κ1) is 15.7. The van der Waals surface area contributed by atoms with Gasteiger partial charge in [-0.25, -0.2) is 9.97 Å². The fourth-order valence-corrected chi connectivity index (χ4v) is 3.41. The summed E-state index contributed by atoms with van der Waals surface area (Å²) < 4.78 is 0. The third kappa shape index (κ3) is 3.31. The van der Waals surface area contributed by atoms with Gasteiger partial charge in [-0.15, -0.1) is 11.3 Å². The predicted octanol–water partition coefficient (Wildman–Crippen LogP) is 2.94. The van der Waals surface area contributed by atoms with Gasteiger partial charge in [-0.05, 0) is 33.4 Å². The monoisotopic (exact) mass is 303 g/mol. The van der Waals surface area contributed by atoms with E-state index in [0.29, 0.717) is 6.54 Å². The Morgan fingerprint density at radius 2 is 2.10 bits per heavy atom. The van der Waals surface area contributed by atoms with Crippen molar-refractivity contribution in [1.82, 2.24) is 14.9 Å². The molecule has 0 aliphatic heterocycles. The lowest BCUT2D eigenvalue weighted by Crippen LogP contribution is -2.24. The number of aromatic nitrogens is 2. The minimum atomic E-state index is 0.00808. The van der Waals surface area contributed by atoms with E-state index >= 15 is 0 Å². The Kier molecular flexibility index (Phi) is 4.76. The van der Waals surface area contributed by atoms with Gasteiger partial charge in [0, 0.05) is 18.5 Å². The zero-order chi connectivity index (χ0) is 15.6. The molecule has 0 aliphatic rings. The van der Waals surface area contributed by atoms with Crippen molar-refractivity contribution in [2.45, 2.75) is 27.3 Å². The summed E-state index contributed by atoms with van der Waals surface area (Å²) in [6.45, 7) is 7.51. The van der Waals surface area contributed by atoms with E-state index in [1.165, 1.54) is 10.4 Å². The van der Waals surface area contributed by atoms with E-state index in [9.17, 15) is 0 Å². The van der Waals surface area contributed by atoms with Gasteiger partial charge in [0.1, 0.15) is 16.5 Å². The SMILES string of the molecule is CNc1nc(CN(C)CC(C)C#N)nc2sc(C)c(C)c12. The topological polar surface area (TPSA) is 64.8 Å². The maximum Gasteiger partial charge on any atom is 0.146 e. The molecule has 0 aromatic carbocycles. The Morgan fingerprint density at radius 3 is 2.71 bits per heavy atom. The van der Waals surface area contributed by atoms with Crippen molar-refractivity contribution in [3.05, 3.63) is 16.3 Å². The number of rotatable bonds is 5. The molecule has 2 rings (SSSR count). The molecular weight excluding hydrogens is 282 g/mol. The number of aryl methyl sites for hydroxylation is 2. The van der Waals surface area contributed by atoms with Crippen LogP contribution in [0.3, 0.4) is 0 Å². The first-order chi connectivity index (χ1) is 9.96. The Bertz CT molecular complexity index is 685. The number of anilines is 1. The van der Waals surface area contributed by atoms with Crippen LogP contribution in [-0.4, -0.2) is 35.5 Å². The molecule has 2 heterocycles. The second-order valence-corrected chi connectivity index (χ2v) is 6.63. The maximum absolute atomic E-state index is 8.89. The third-order valence-electron chi connectivity index (χ3n) is 3.53. The third-order valence-corrected chi connectivity index (χ3v) is 4.63. The summed E-state index contributed by atoms with van der Waals surface area (Å²) in [6.07, 6.45) is 0. The summed E-state index contributed by atoms with van der Waals surface area (Å²) in [5, 5.41) is 13.2. The highest BCUT2D eigenvalue weighted by molar-refractivity contribution is 7.18. The van der Waals surface area contributed by atoms with Gasteiger partial charge in [-0.1, -0.05) is 0 Å². The number of thiophene rings is 1. The molecule has 1 N–H and O–H groups in total. The average Bonchev–Trinajstić information content (AvgIpc) is 2.72. The zero-order valence-electron chi connectivity index (χ0n) is 13.2. The molecule has 0 aliphatic carbocycles. The van der Waals surface area contributed by atoms with Crippen LogP contribution < -0.4 is 5.32 Å². The second kappa shape index (κ2) is 6.37. The normalized spacial score (nSPS) is 12.6. The van der Waals surface area contributed by atoms with Crippen molar-refractivity contribution in [2.75, 3.05) is 26.0 Å². The molecular formula is C15H21N5S. The Labute approximate surface area is 129 Å². The fourth-order valence-electron chi connectivity index (χ4n) is 2.36. The first-order valence-electron chi connectivity index (χ1n) is 6.98. The van der Waals surface area contributed by atoms with Gasteiger partial charge in [0.2, 0.25) is 0 Å². The van der Waals surface area contributed by atoms with E-state index in [1.54, 1.807) is 11.3 Å². The number of fused-ring (bicyclic) bond motifs is 1. The van der Waals surface area contributed by atoms with Crippen LogP contribution >= 0.6 is 11.3 Å². The van der Waals surface area contributed by atoms with E-state index in [0.717, 1.165) is 28.4 Å². The molecule has 21 heavy (non-hydrogen) atoms. The van der Waals surface area contributed by atoms with Gasteiger partial charge >= 0.3 is 0 Å². The van der Waals surface area contributed by atoms with E-state index in [1.807, 2.05) is 21.0 Å². The lowest BCUT2D eigenvalue weighted by Gasteiger charge is -2.17. The van der Waals surface area contributed by atoms with Crippen molar-refractivity contribution in [1.29, 1.82) is 5.26 Å². The maximum atomic E-state index is 8.89. The number of nitrogens with one attached hydrogen (secondary N) is 1. The summed E-state index contributed by atoms with van der Waals surface area (Å²) >= 11 is 1.71. The van der Waals surface area contributed by atoms with E-state index in [4.69, 9.17) is 5.26 Å². The van der Waals surface area contributed by atoms with Crippen molar-refractivity contribution in [2.24, 2.45) is 5.92 Å². The molecule has 0 radical (unpaired) electrons.